The summed E-state index contributed by atoms with van der Waals surface area (Å²) in [6.07, 6.45) is 0. The molecule has 0 amide bonds. The van der Waals surface area contributed by atoms with Gasteiger partial charge in [0.05, 0.1) is 11.6 Å². The summed E-state index contributed by atoms with van der Waals surface area (Å²) < 4.78 is 0. The highest BCUT2D eigenvalue weighted by atomic mass is 15.1. The van der Waals surface area contributed by atoms with E-state index in [9.17, 15) is 0 Å². The monoisotopic (exact) mass is 250 g/mol. The molecule has 0 unspecified atom stereocenters. The molecule has 0 aliphatic heterocycles. The standard InChI is InChI=1S/C17H18N2/c1-14-7-9-15(10-8-14)12-19(2)13-17-6-4-3-5-16(17)11-18/h3-10H,12-13H2,1-2H3. The lowest BCUT2D eigenvalue weighted by Gasteiger charge is -2.17. The summed E-state index contributed by atoms with van der Waals surface area (Å²) in [6.45, 7) is 3.77. The molecule has 0 spiro atoms. The fraction of sp³-hybridized carbons (Fsp3) is 0.235. The first kappa shape index (κ1) is 13.3. The zero-order valence-corrected chi connectivity index (χ0v) is 11.4. The molecular weight excluding hydrogens is 232 g/mol. The topological polar surface area (TPSA) is 27.0 Å². The normalized spacial score (nSPS) is 10.4. The van der Waals surface area contributed by atoms with E-state index in [1.54, 1.807) is 0 Å². The van der Waals surface area contributed by atoms with E-state index < -0.39 is 0 Å². The van der Waals surface area contributed by atoms with Crippen LogP contribution in [0.4, 0.5) is 0 Å². The number of rotatable bonds is 4. The first-order valence-electron chi connectivity index (χ1n) is 6.41. The quantitative estimate of drug-likeness (QED) is 0.830. The molecule has 19 heavy (non-hydrogen) atoms. The van der Waals surface area contributed by atoms with Gasteiger partial charge < -0.3 is 0 Å². The summed E-state index contributed by atoms with van der Waals surface area (Å²) in [6, 6.07) is 18.6. The van der Waals surface area contributed by atoms with Crippen LogP contribution in [0.2, 0.25) is 0 Å². The highest BCUT2D eigenvalue weighted by molar-refractivity contribution is 5.37. The van der Waals surface area contributed by atoms with E-state index in [4.69, 9.17) is 5.26 Å². The molecule has 0 aliphatic carbocycles. The van der Waals surface area contributed by atoms with Gasteiger partial charge in [0.1, 0.15) is 0 Å². The van der Waals surface area contributed by atoms with Crippen LogP contribution in [-0.2, 0) is 13.1 Å². The maximum Gasteiger partial charge on any atom is 0.0995 e. The number of hydrogen-bond acceptors (Lipinski definition) is 2. The van der Waals surface area contributed by atoms with E-state index in [2.05, 4.69) is 49.2 Å². The lowest BCUT2D eigenvalue weighted by atomic mass is 10.1. The first-order chi connectivity index (χ1) is 9.19. The molecule has 2 heteroatoms. The molecule has 2 aromatic rings. The highest BCUT2D eigenvalue weighted by Gasteiger charge is 2.05. The zero-order chi connectivity index (χ0) is 13.7. The van der Waals surface area contributed by atoms with Crippen LogP contribution in [0.15, 0.2) is 48.5 Å². The van der Waals surface area contributed by atoms with Crippen LogP contribution in [0.25, 0.3) is 0 Å². The van der Waals surface area contributed by atoms with Crippen LogP contribution in [0, 0.1) is 18.3 Å². The smallest absolute Gasteiger partial charge is 0.0995 e. The van der Waals surface area contributed by atoms with Crippen LogP contribution in [-0.4, -0.2) is 11.9 Å². The van der Waals surface area contributed by atoms with Crippen molar-refractivity contribution >= 4 is 0 Å². The van der Waals surface area contributed by atoms with Crippen LogP contribution < -0.4 is 0 Å². The Balaban J connectivity index is 2.03. The summed E-state index contributed by atoms with van der Waals surface area (Å²) in [7, 11) is 2.08. The molecule has 0 saturated heterocycles. The molecule has 0 heterocycles. The molecule has 2 aromatic carbocycles. The van der Waals surface area contributed by atoms with Crippen LogP contribution >= 0.6 is 0 Å². The van der Waals surface area contributed by atoms with E-state index in [-0.39, 0.29) is 0 Å². The maximum atomic E-state index is 9.08. The van der Waals surface area contributed by atoms with E-state index in [1.165, 1.54) is 11.1 Å². The number of benzene rings is 2. The summed E-state index contributed by atoms with van der Waals surface area (Å²) in [4.78, 5) is 2.22. The molecule has 0 N–H and O–H groups in total. The summed E-state index contributed by atoms with van der Waals surface area (Å²) >= 11 is 0. The van der Waals surface area contributed by atoms with Crippen molar-refractivity contribution in [2.75, 3.05) is 7.05 Å². The minimum atomic E-state index is 0.762. The zero-order valence-electron chi connectivity index (χ0n) is 11.4. The molecule has 2 rings (SSSR count). The fourth-order valence-corrected chi connectivity index (χ4v) is 2.12. The molecular formula is C17H18N2. The number of nitriles is 1. The Morgan fingerprint density at radius 1 is 1.00 bits per heavy atom. The summed E-state index contributed by atoms with van der Waals surface area (Å²) in [5.74, 6) is 0. The van der Waals surface area contributed by atoms with Crippen molar-refractivity contribution in [3.05, 3.63) is 70.8 Å². The van der Waals surface area contributed by atoms with E-state index >= 15 is 0 Å². The van der Waals surface area contributed by atoms with Crippen molar-refractivity contribution in [1.29, 1.82) is 5.26 Å². The Hall–Kier alpha value is -2.11. The third-order valence-corrected chi connectivity index (χ3v) is 3.15. The van der Waals surface area contributed by atoms with Gasteiger partial charge in [0.15, 0.2) is 0 Å². The molecule has 0 aromatic heterocycles. The number of hydrogen-bond donors (Lipinski definition) is 0. The van der Waals surface area contributed by atoms with Gasteiger partial charge in [0.2, 0.25) is 0 Å². The van der Waals surface area contributed by atoms with Crippen LogP contribution in [0.1, 0.15) is 22.3 Å². The first-order valence-corrected chi connectivity index (χ1v) is 6.41. The van der Waals surface area contributed by atoms with Gasteiger partial charge in [-0.1, -0.05) is 48.0 Å². The molecule has 96 valence electrons. The minimum absolute atomic E-state index is 0.762. The lowest BCUT2D eigenvalue weighted by molar-refractivity contribution is 0.319. The predicted octanol–water partition coefficient (Wildman–Crippen LogP) is 3.50. The Morgan fingerprint density at radius 3 is 2.37 bits per heavy atom. The SMILES string of the molecule is Cc1ccc(CN(C)Cc2ccccc2C#N)cc1. The van der Waals surface area contributed by atoms with Gasteiger partial charge in [0, 0.05) is 13.1 Å². The molecule has 0 aliphatic rings. The Labute approximate surface area is 114 Å². The predicted molar refractivity (Wildman–Crippen MR) is 77.5 cm³/mol. The van der Waals surface area contributed by atoms with Gasteiger partial charge in [-0.15, -0.1) is 0 Å². The lowest BCUT2D eigenvalue weighted by Crippen LogP contribution is -2.17. The van der Waals surface area contributed by atoms with Crippen molar-refractivity contribution in [3.63, 3.8) is 0 Å². The largest absolute Gasteiger partial charge is 0.298 e. The van der Waals surface area contributed by atoms with Crippen molar-refractivity contribution < 1.29 is 0 Å². The minimum Gasteiger partial charge on any atom is -0.298 e. The Morgan fingerprint density at radius 2 is 1.68 bits per heavy atom. The highest BCUT2D eigenvalue weighted by Crippen LogP contribution is 2.12. The van der Waals surface area contributed by atoms with Crippen LogP contribution in [0.3, 0.4) is 0 Å². The maximum absolute atomic E-state index is 9.08. The van der Waals surface area contributed by atoms with Crippen molar-refractivity contribution in [3.8, 4) is 6.07 Å². The van der Waals surface area contributed by atoms with Crippen molar-refractivity contribution in [2.24, 2.45) is 0 Å². The molecule has 0 atom stereocenters. The average molecular weight is 250 g/mol. The second kappa shape index (κ2) is 6.17. The molecule has 0 fully saturated rings. The summed E-state index contributed by atoms with van der Waals surface area (Å²) in [5.41, 5.74) is 4.42. The van der Waals surface area contributed by atoms with Gasteiger partial charge in [-0.3, -0.25) is 4.90 Å². The average Bonchev–Trinajstić information content (AvgIpc) is 2.42. The van der Waals surface area contributed by atoms with E-state index in [0.29, 0.717) is 0 Å². The van der Waals surface area contributed by atoms with Gasteiger partial charge >= 0.3 is 0 Å². The Bertz CT molecular complexity index is 579. The van der Waals surface area contributed by atoms with Gasteiger partial charge in [0.25, 0.3) is 0 Å². The van der Waals surface area contributed by atoms with Gasteiger partial charge in [-0.25, -0.2) is 0 Å². The summed E-state index contributed by atoms with van der Waals surface area (Å²) in [5, 5.41) is 9.08. The number of aryl methyl sites for hydroxylation is 1. The third-order valence-electron chi connectivity index (χ3n) is 3.15. The van der Waals surface area contributed by atoms with Crippen LogP contribution in [0.5, 0.6) is 0 Å². The van der Waals surface area contributed by atoms with Gasteiger partial charge in [-0.05, 0) is 31.2 Å². The van der Waals surface area contributed by atoms with Crippen molar-refractivity contribution in [1.82, 2.24) is 4.90 Å². The molecule has 0 radical (unpaired) electrons. The van der Waals surface area contributed by atoms with Crippen molar-refractivity contribution in [2.45, 2.75) is 20.0 Å². The Kier molecular flexibility index (Phi) is 4.33. The third kappa shape index (κ3) is 3.67. The van der Waals surface area contributed by atoms with Gasteiger partial charge in [-0.2, -0.15) is 5.26 Å². The van der Waals surface area contributed by atoms with E-state index in [0.717, 1.165) is 24.2 Å². The molecule has 0 saturated carbocycles. The second-order valence-corrected chi connectivity index (χ2v) is 4.93. The fourth-order valence-electron chi connectivity index (χ4n) is 2.12. The number of nitrogens with zero attached hydrogens (tertiary/aromatic N) is 2. The molecule has 2 nitrogen and oxygen atoms in total. The second-order valence-electron chi connectivity index (χ2n) is 4.93. The van der Waals surface area contributed by atoms with E-state index in [1.807, 2.05) is 24.3 Å². The molecule has 0 bridgehead atoms.